The quantitative estimate of drug-likeness (QED) is 0.305. The third-order valence-electron chi connectivity index (χ3n) is 1.92. The SMILES string of the molecule is O=C([O-])CCC(=O)c1ccc(S(=O)[O-])cc1.[Na+].[Na+]. The molecule has 1 atom stereocenters. The number of carboxylic acid groups (broad SMARTS) is 1. The van der Waals surface area contributed by atoms with Gasteiger partial charge < -0.3 is 14.5 Å². The summed E-state index contributed by atoms with van der Waals surface area (Å²) in [4.78, 5) is 21.6. The maximum Gasteiger partial charge on any atom is 1.00 e. The van der Waals surface area contributed by atoms with E-state index in [2.05, 4.69) is 0 Å². The molecule has 0 spiro atoms. The van der Waals surface area contributed by atoms with Crippen molar-refractivity contribution in [3.05, 3.63) is 29.8 Å². The minimum Gasteiger partial charge on any atom is -0.768 e. The molecule has 0 aliphatic rings. The fourth-order valence-electron chi connectivity index (χ4n) is 1.11. The molecular weight excluding hydrogens is 278 g/mol. The van der Waals surface area contributed by atoms with Gasteiger partial charge in [-0.05, 0) is 29.6 Å². The number of Topliss-reactive ketones (excluding diaryl/α,β-unsaturated/α-hetero) is 1. The Kier molecular flexibility index (Phi) is 11.9. The standard InChI is InChI=1S/C10H10O5S.2Na/c11-9(5-6-10(12)13)7-1-3-8(4-2-7)16(14)15;;/h1-4H,5-6H2,(H,12,13)(H,14,15);;/q;2*+1/p-2. The van der Waals surface area contributed by atoms with Crippen LogP contribution < -0.4 is 64.2 Å². The molecule has 0 saturated carbocycles. The van der Waals surface area contributed by atoms with Crippen LogP contribution in [0, 0.1) is 0 Å². The average Bonchev–Trinajstić information content (AvgIpc) is 2.26. The van der Waals surface area contributed by atoms with Crippen LogP contribution in [-0.2, 0) is 15.9 Å². The number of ketones is 1. The van der Waals surface area contributed by atoms with Crippen LogP contribution in [0.1, 0.15) is 23.2 Å². The molecule has 1 aromatic rings. The molecule has 0 aliphatic heterocycles. The van der Waals surface area contributed by atoms with Crippen molar-refractivity contribution in [3.63, 3.8) is 0 Å². The van der Waals surface area contributed by atoms with Crippen LogP contribution in [-0.4, -0.2) is 20.5 Å². The zero-order valence-corrected chi connectivity index (χ0v) is 15.0. The van der Waals surface area contributed by atoms with E-state index in [1.54, 1.807) is 0 Å². The van der Waals surface area contributed by atoms with Gasteiger partial charge in [0.05, 0.1) is 0 Å². The van der Waals surface area contributed by atoms with Gasteiger partial charge in [0, 0.05) is 22.8 Å². The number of carboxylic acids is 1. The molecule has 0 bridgehead atoms. The Bertz CT molecular complexity index is 432. The van der Waals surface area contributed by atoms with Gasteiger partial charge in [-0.1, -0.05) is 12.1 Å². The molecule has 18 heavy (non-hydrogen) atoms. The first-order chi connectivity index (χ1) is 7.50. The second-order valence-electron chi connectivity index (χ2n) is 3.05. The van der Waals surface area contributed by atoms with Crippen molar-refractivity contribution in [2.45, 2.75) is 17.7 Å². The number of carbonyl (C=O) groups is 2. The van der Waals surface area contributed by atoms with Gasteiger partial charge in [-0.15, -0.1) is 0 Å². The van der Waals surface area contributed by atoms with E-state index in [0.29, 0.717) is 0 Å². The van der Waals surface area contributed by atoms with Crippen molar-refractivity contribution in [3.8, 4) is 0 Å². The summed E-state index contributed by atoms with van der Waals surface area (Å²) >= 11 is -2.33. The Morgan fingerprint density at radius 3 is 1.94 bits per heavy atom. The molecule has 0 fully saturated rings. The summed E-state index contributed by atoms with van der Waals surface area (Å²) < 4.78 is 21.1. The summed E-state index contributed by atoms with van der Waals surface area (Å²) in [6, 6.07) is 5.27. The zero-order valence-electron chi connectivity index (χ0n) is 10.2. The second kappa shape index (κ2) is 10.3. The predicted molar refractivity (Wildman–Crippen MR) is 52.2 cm³/mol. The van der Waals surface area contributed by atoms with E-state index >= 15 is 0 Å². The molecule has 0 aromatic heterocycles. The van der Waals surface area contributed by atoms with Crippen LogP contribution in [0.5, 0.6) is 0 Å². The van der Waals surface area contributed by atoms with Gasteiger partial charge >= 0.3 is 59.1 Å². The number of hydrogen-bond acceptors (Lipinski definition) is 5. The molecule has 0 radical (unpaired) electrons. The van der Waals surface area contributed by atoms with Crippen LogP contribution in [0.15, 0.2) is 29.2 Å². The molecule has 8 heteroatoms. The third-order valence-corrected chi connectivity index (χ3v) is 2.58. The number of aliphatic carboxylic acids is 1. The van der Waals surface area contributed by atoms with Crippen molar-refractivity contribution >= 4 is 22.8 Å². The first kappa shape index (κ1) is 20.8. The van der Waals surface area contributed by atoms with Crippen LogP contribution in [0.3, 0.4) is 0 Å². The summed E-state index contributed by atoms with van der Waals surface area (Å²) in [5.74, 6) is -1.64. The fourth-order valence-corrected chi connectivity index (χ4v) is 1.47. The Hall–Kier alpha value is 0.470. The monoisotopic (exact) mass is 286 g/mol. The van der Waals surface area contributed by atoms with Gasteiger partial charge in [0.15, 0.2) is 5.78 Å². The molecule has 0 heterocycles. The molecule has 1 aromatic carbocycles. The summed E-state index contributed by atoms with van der Waals surface area (Å²) in [5.41, 5.74) is 0.287. The van der Waals surface area contributed by atoms with Crippen molar-refractivity contribution in [1.29, 1.82) is 0 Å². The van der Waals surface area contributed by atoms with E-state index in [0.717, 1.165) is 0 Å². The average molecular weight is 286 g/mol. The summed E-state index contributed by atoms with van der Waals surface area (Å²) in [6.45, 7) is 0. The van der Waals surface area contributed by atoms with Crippen LogP contribution in [0.25, 0.3) is 0 Å². The minimum absolute atomic E-state index is 0. The zero-order chi connectivity index (χ0) is 12.1. The third kappa shape index (κ3) is 7.16. The smallest absolute Gasteiger partial charge is 0.768 e. The van der Waals surface area contributed by atoms with Crippen LogP contribution in [0.4, 0.5) is 0 Å². The molecule has 1 unspecified atom stereocenters. The van der Waals surface area contributed by atoms with Crippen LogP contribution >= 0.6 is 0 Å². The molecule has 0 saturated heterocycles. The summed E-state index contributed by atoms with van der Waals surface area (Å²) in [5, 5.41) is 10.1. The summed E-state index contributed by atoms with van der Waals surface area (Å²) in [7, 11) is 0. The van der Waals surface area contributed by atoms with Gasteiger partial charge in [-0.25, -0.2) is 0 Å². The minimum atomic E-state index is -2.33. The Morgan fingerprint density at radius 2 is 1.56 bits per heavy atom. The molecular formula is C10H8Na2O5S. The van der Waals surface area contributed by atoms with Crippen molar-refractivity contribution < 1.29 is 82.6 Å². The predicted octanol–water partition coefficient (Wildman–Crippen LogP) is -6.35. The van der Waals surface area contributed by atoms with Gasteiger partial charge in [0.1, 0.15) is 0 Å². The van der Waals surface area contributed by atoms with Gasteiger partial charge in [-0.3, -0.25) is 9.00 Å². The topological polar surface area (TPSA) is 97.3 Å². The van der Waals surface area contributed by atoms with Crippen molar-refractivity contribution in [1.82, 2.24) is 0 Å². The van der Waals surface area contributed by atoms with E-state index in [1.165, 1.54) is 24.3 Å². The van der Waals surface area contributed by atoms with E-state index in [9.17, 15) is 23.5 Å². The van der Waals surface area contributed by atoms with Gasteiger partial charge in [0.25, 0.3) is 0 Å². The van der Waals surface area contributed by atoms with Gasteiger partial charge in [0.2, 0.25) is 0 Å². The van der Waals surface area contributed by atoms with E-state index in [1.807, 2.05) is 0 Å². The molecule has 86 valence electrons. The molecule has 1 rings (SSSR count). The maximum absolute atomic E-state index is 11.4. The van der Waals surface area contributed by atoms with E-state index in [-0.39, 0.29) is 88.2 Å². The van der Waals surface area contributed by atoms with Crippen LogP contribution in [0.2, 0.25) is 0 Å². The number of hydrogen-bond donors (Lipinski definition) is 0. The number of benzene rings is 1. The number of rotatable bonds is 5. The summed E-state index contributed by atoms with van der Waals surface area (Å²) in [6.07, 6.45) is -0.490. The first-order valence-corrected chi connectivity index (χ1v) is 5.50. The Morgan fingerprint density at radius 1 is 1.06 bits per heavy atom. The molecule has 0 N–H and O–H groups in total. The second-order valence-corrected chi connectivity index (χ2v) is 4.00. The molecule has 0 aliphatic carbocycles. The van der Waals surface area contributed by atoms with Gasteiger partial charge in [-0.2, -0.15) is 0 Å². The number of carbonyl (C=O) groups excluding carboxylic acids is 2. The molecule has 0 amide bonds. The first-order valence-electron chi connectivity index (χ1n) is 4.43. The fraction of sp³-hybridized carbons (Fsp3) is 0.200. The van der Waals surface area contributed by atoms with Crippen molar-refractivity contribution in [2.24, 2.45) is 0 Å². The Labute approximate surface area is 151 Å². The van der Waals surface area contributed by atoms with E-state index < -0.39 is 17.0 Å². The Balaban J connectivity index is 0. The van der Waals surface area contributed by atoms with Crippen molar-refractivity contribution in [2.75, 3.05) is 0 Å². The molecule has 5 nitrogen and oxygen atoms in total. The van der Waals surface area contributed by atoms with E-state index in [4.69, 9.17) is 0 Å². The maximum atomic E-state index is 11.4. The largest absolute Gasteiger partial charge is 1.00 e. The normalized spacial score (nSPS) is 10.7.